The van der Waals surface area contributed by atoms with E-state index in [0.29, 0.717) is 44.5 Å². The fourth-order valence-corrected chi connectivity index (χ4v) is 3.56. The number of aromatic nitrogens is 2. The summed E-state index contributed by atoms with van der Waals surface area (Å²) in [6.07, 6.45) is 4.97. The molecule has 0 aliphatic carbocycles. The number of nitrogens with one attached hydrogen (secondary N) is 4. The molecular weight excluding hydrogens is 496 g/mol. The quantitative estimate of drug-likeness (QED) is 0.0545. The number of imidazole rings is 1. The molecule has 0 aliphatic heterocycles. The third-order valence-corrected chi connectivity index (χ3v) is 5.72. The van der Waals surface area contributed by atoms with Gasteiger partial charge in [-0.3, -0.25) is 19.4 Å². The molecule has 1 aromatic rings. The van der Waals surface area contributed by atoms with Crippen LogP contribution >= 0.6 is 0 Å². The zero-order valence-corrected chi connectivity index (χ0v) is 22.0. The first-order valence-corrected chi connectivity index (χ1v) is 12.6. The number of aliphatic carboxylic acids is 1. The smallest absolute Gasteiger partial charge is 0.326 e. The molecule has 3 amide bonds. The van der Waals surface area contributed by atoms with Crippen LogP contribution in [-0.2, 0) is 25.6 Å². The second-order valence-corrected chi connectivity index (χ2v) is 9.31. The van der Waals surface area contributed by atoms with Gasteiger partial charge in [0.05, 0.1) is 12.4 Å². The number of carbonyl (C=O) groups excluding carboxylic acids is 3. The number of H-pyrrole nitrogens is 1. The number of hydrogen-bond donors (Lipinski definition) is 9. The number of hydrogen-bond acceptors (Lipinski definition) is 8. The summed E-state index contributed by atoms with van der Waals surface area (Å²) in [7, 11) is 0. The number of carboxylic acid groups (broad SMARTS) is 1. The van der Waals surface area contributed by atoms with Crippen molar-refractivity contribution in [3.05, 3.63) is 18.2 Å². The summed E-state index contributed by atoms with van der Waals surface area (Å²) in [6.45, 7) is 4.19. The third-order valence-electron chi connectivity index (χ3n) is 5.72. The number of carboxylic acids is 1. The van der Waals surface area contributed by atoms with Gasteiger partial charge in [0, 0.05) is 24.9 Å². The number of aliphatic imine (C=N–C) groups is 1. The van der Waals surface area contributed by atoms with E-state index in [2.05, 4.69) is 30.9 Å². The number of nitrogens with two attached hydrogens (primary N) is 4. The highest BCUT2D eigenvalue weighted by Gasteiger charge is 2.31. The Hall–Kier alpha value is -3.72. The molecule has 0 bridgehead atoms. The molecule has 15 nitrogen and oxygen atoms in total. The fourth-order valence-electron chi connectivity index (χ4n) is 3.56. The van der Waals surface area contributed by atoms with Gasteiger partial charge in [0.2, 0.25) is 17.7 Å². The van der Waals surface area contributed by atoms with Crippen molar-refractivity contribution >= 4 is 29.7 Å². The first-order chi connectivity index (χ1) is 18.0. The van der Waals surface area contributed by atoms with Crippen LogP contribution in [0.25, 0.3) is 0 Å². The molecule has 1 aromatic heterocycles. The minimum atomic E-state index is -1.24. The number of amides is 3. The molecule has 4 atom stereocenters. The van der Waals surface area contributed by atoms with Crippen molar-refractivity contribution in [3.8, 4) is 0 Å². The summed E-state index contributed by atoms with van der Waals surface area (Å²) in [6, 6.07) is -4.14. The lowest BCUT2D eigenvalue weighted by atomic mass is 10.0. The van der Waals surface area contributed by atoms with Gasteiger partial charge in [0.25, 0.3) is 0 Å². The van der Waals surface area contributed by atoms with E-state index in [9.17, 15) is 24.3 Å². The van der Waals surface area contributed by atoms with Crippen molar-refractivity contribution in [2.24, 2.45) is 33.8 Å². The molecule has 0 aliphatic rings. The van der Waals surface area contributed by atoms with Crippen LogP contribution in [0.3, 0.4) is 0 Å². The van der Waals surface area contributed by atoms with Gasteiger partial charge in [-0.25, -0.2) is 9.78 Å². The van der Waals surface area contributed by atoms with Gasteiger partial charge < -0.3 is 49.0 Å². The maximum Gasteiger partial charge on any atom is 0.326 e. The van der Waals surface area contributed by atoms with Gasteiger partial charge in [0.1, 0.15) is 18.1 Å². The summed E-state index contributed by atoms with van der Waals surface area (Å²) in [4.78, 5) is 61.1. The molecule has 1 heterocycles. The Kier molecular flexibility index (Phi) is 14.4. The van der Waals surface area contributed by atoms with Crippen LogP contribution in [0, 0.1) is 5.92 Å². The van der Waals surface area contributed by atoms with Gasteiger partial charge >= 0.3 is 5.97 Å². The Bertz CT molecular complexity index is 918. The SMILES string of the molecule is CC(C)C(NC(=O)C(N)CCCN=C(N)N)C(=O)NC(CCCCN)C(=O)NC(Cc1cnc[nH]1)C(=O)O. The van der Waals surface area contributed by atoms with Crippen LogP contribution in [0.1, 0.15) is 51.6 Å². The third kappa shape index (κ3) is 12.0. The molecule has 0 spiro atoms. The topological polar surface area (TPSA) is 270 Å². The summed E-state index contributed by atoms with van der Waals surface area (Å²) in [5.41, 5.74) is 22.6. The van der Waals surface area contributed by atoms with Gasteiger partial charge in [-0.1, -0.05) is 13.8 Å². The van der Waals surface area contributed by atoms with E-state index in [0.717, 1.165) is 0 Å². The number of rotatable bonds is 18. The molecule has 15 heteroatoms. The van der Waals surface area contributed by atoms with E-state index in [1.165, 1.54) is 12.5 Å². The highest BCUT2D eigenvalue weighted by Crippen LogP contribution is 2.08. The van der Waals surface area contributed by atoms with Crippen LogP contribution < -0.4 is 38.9 Å². The van der Waals surface area contributed by atoms with Crippen LogP contribution in [0.2, 0.25) is 0 Å². The molecule has 4 unspecified atom stereocenters. The van der Waals surface area contributed by atoms with Crippen molar-refractivity contribution in [3.63, 3.8) is 0 Å². The molecule has 0 radical (unpaired) electrons. The molecule has 0 aromatic carbocycles. The van der Waals surface area contributed by atoms with Crippen molar-refractivity contribution in [2.75, 3.05) is 13.1 Å². The van der Waals surface area contributed by atoms with Crippen molar-refractivity contribution in [1.82, 2.24) is 25.9 Å². The Morgan fingerprint density at radius 2 is 1.68 bits per heavy atom. The summed E-state index contributed by atoms with van der Waals surface area (Å²) in [5, 5.41) is 17.4. The van der Waals surface area contributed by atoms with E-state index in [4.69, 9.17) is 22.9 Å². The lowest BCUT2D eigenvalue weighted by Gasteiger charge is -2.27. The van der Waals surface area contributed by atoms with E-state index < -0.39 is 47.9 Å². The molecule has 0 saturated carbocycles. The first kappa shape index (κ1) is 32.3. The van der Waals surface area contributed by atoms with E-state index in [-0.39, 0.29) is 24.7 Å². The molecular formula is C23H42N10O5. The first-order valence-electron chi connectivity index (χ1n) is 12.6. The molecule has 214 valence electrons. The van der Waals surface area contributed by atoms with Crippen LogP contribution in [0.5, 0.6) is 0 Å². The van der Waals surface area contributed by atoms with Crippen LogP contribution in [0.4, 0.5) is 0 Å². The second kappa shape index (κ2) is 16.9. The summed E-state index contributed by atoms with van der Waals surface area (Å²) in [5.74, 6) is -3.39. The zero-order chi connectivity index (χ0) is 28.7. The minimum absolute atomic E-state index is 0.0176. The van der Waals surface area contributed by atoms with Crippen molar-refractivity contribution < 1.29 is 24.3 Å². The Morgan fingerprint density at radius 3 is 2.24 bits per heavy atom. The lowest BCUT2D eigenvalue weighted by molar-refractivity contribution is -0.142. The normalized spacial score (nSPS) is 14.1. The number of unbranched alkanes of at least 4 members (excludes halogenated alkanes) is 1. The fraction of sp³-hybridized carbons (Fsp3) is 0.652. The highest BCUT2D eigenvalue weighted by atomic mass is 16.4. The second-order valence-electron chi connectivity index (χ2n) is 9.31. The molecule has 0 fully saturated rings. The van der Waals surface area contributed by atoms with Crippen LogP contribution in [0.15, 0.2) is 17.5 Å². The zero-order valence-electron chi connectivity index (χ0n) is 22.0. The highest BCUT2D eigenvalue weighted by molar-refractivity contribution is 5.94. The Labute approximate surface area is 222 Å². The monoisotopic (exact) mass is 538 g/mol. The molecule has 0 saturated heterocycles. The van der Waals surface area contributed by atoms with Crippen molar-refractivity contribution in [2.45, 2.75) is 76.5 Å². The van der Waals surface area contributed by atoms with Gasteiger partial charge in [-0.2, -0.15) is 0 Å². The largest absolute Gasteiger partial charge is 0.480 e. The van der Waals surface area contributed by atoms with E-state index in [1.807, 2.05) is 0 Å². The Morgan fingerprint density at radius 1 is 1.00 bits per heavy atom. The molecule has 38 heavy (non-hydrogen) atoms. The lowest BCUT2D eigenvalue weighted by Crippen LogP contribution is -2.58. The van der Waals surface area contributed by atoms with Gasteiger partial charge in [0.15, 0.2) is 5.96 Å². The van der Waals surface area contributed by atoms with Crippen molar-refractivity contribution in [1.29, 1.82) is 0 Å². The number of carbonyl (C=O) groups is 4. The standard InChI is InChI=1S/C23H42N10O5/c1-13(2)18(33-19(34)15(25)6-5-9-29-23(26)27)21(36)31-16(7-3-4-8-24)20(35)32-17(22(37)38)10-14-11-28-12-30-14/h11-13,15-18H,3-10,24-25H2,1-2H3,(H,28,30)(H,31,36)(H,32,35)(H,33,34)(H,37,38)(H4,26,27,29). The molecule has 13 N–H and O–H groups in total. The Balaban J connectivity index is 2.88. The summed E-state index contributed by atoms with van der Waals surface area (Å²) < 4.78 is 0. The molecule has 1 rings (SSSR count). The van der Waals surface area contributed by atoms with Gasteiger partial charge in [-0.15, -0.1) is 0 Å². The van der Waals surface area contributed by atoms with Gasteiger partial charge in [-0.05, 0) is 44.6 Å². The predicted octanol–water partition coefficient (Wildman–Crippen LogP) is -2.34. The maximum atomic E-state index is 13.2. The average molecular weight is 539 g/mol. The number of nitrogens with zero attached hydrogens (tertiary/aromatic N) is 2. The maximum absolute atomic E-state index is 13.2. The van der Waals surface area contributed by atoms with Crippen LogP contribution in [-0.4, -0.2) is 82.0 Å². The van der Waals surface area contributed by atoms with E-state index >= 15 is 0 Å². The average Bonchev–Trinajstić information content (AvgIpc) is 3.36. The predicted molar refractivity (Wildman–Crippen MR) is 141 cm³/mol. The van der Waals surface area contributed by atoms with E-state index in [1.54, 1.807) is 13.8 Å². The summed E-state index contributed by atoms with van der Waals surface area (Å²) >= 11 is 0. The number of aromatic amines is 1. The number of guanidine groups is 1. The minimum Gasteiger partial charge on any atom is -0.480 e.